The molecule has 0 atom stereocenters. The van der Waals surface area contributed by atoms with Gasteiger partial charge < -0.3 is 4.90 Å². The SMILES string of the molecule is Cc1cnccc1CN(C)C(=O)c1cn(Cc2ccc(Cl)cc2)nn1. The lowest BCUT2D eigenvalue weighted by molar-refractivity contribution is 0.0779. The molecule has 1 aromatic carbocycles. The summed E-state index contributed by atoms with van der Waals surface area (Å²) < 4.78 is 1.64. The molecule has 3 aromatic rings. The second kappa shape index (κ2) is 7.44. The maximum atomic E-state index is 12.5. The second-order valence-corrected chi connectivity index (χ2v) is 6.33. The average Bonchev–Trinajstić information content (AvgIpc) is 3.06. The van der Waals surface area contributed by atoms with Gasteiger partial charge in [0.1, 0.15) is 0 Å². The van der Waals surface area contributed by atoms with Crippen molar-refractivity contribution in [3.63, 3.8) is 0 Å². The summed E-state index contributed by atoms with van der Waals surface area (Å²) in [4.78, 5) is 18.2. The molecule has 0 saturated carbocycles. The van der Waals surface area contributed by atoms with Gasteiger partial charge in [-0.25, -0.2) is 4.68 Å². The van der Waals surface area contributed by atoms with Crippen LogP contribution in [0.3, 0.4) is 0 Å². The number of halogens is 1. The van der Waals surface area contributed by atoms with Crippen LogP contribution in [0.4, 0.5) is 0 Å². The number of amides is 1. The molecule has 2 aromatic heterocycles. The van der Waals surface area contributed by atoms with Crippen LogP contribution in [0.15, 0.2) is 48.9 Å². The Morgan fingerprint density at radius 2 is 2.00 bits per heavy atom. The standard InChI is InChI=1S/C18H18ClN5O/c1-13-9-20-8-7-15(13)11-23(2)18(25)17-12-24(22-21-17)10-14-3-5-16(19)6-4-14/h3-9,12H,10-11H2,1-2H3. The lowest BCUT2D eigenvalue weighted by Gasteiger charge is -2.16. The van der Waals surface area contributed by atoms with E-state index in [2.05, 4.69) is 15.3 Å². The average molecular weight is 356 g/mol. The van der Waals surface area contributed by atoms with Gasteiger partial charge in [-0.2, -0.15) is 0 Å². The fourth-order valence-electron chi connectivity index (χ4n) is 2.45. The van der Waals surface area contributed by atoms with Crippen molar-refractivity contribution in [2.45, 2.75) is 20.0 Å². The minimum atomic E-state index is -0.168. The van der Waals surface area contributed by atoms with Crippen molar-refractivity contribution < 1.29 is 4.79 Å². The first-order valence-electron chi connectivity index (χ1n) is 7.82. The Morgan fingerprint density at radius 1 is 1.24 bits per heavy atom. The number of benzene rings is 1. The Kier molecular flexibility index (Phi) is 5.09. The predicted molar refractivity (Wildman–Crippen MR) is 95.3 cm³/mol. The highest BCUT2D eigenvalue weighted by atomic mass is 35.5. The highest BCUT2D eigenvalue weighted by Crippen LogP contribution is 2.12. The van der Waals surface area contributed by atoms with Crippen molar-refractivity contribution in [1.29, 1.82) is 0 Å². The minimum Gasteiger partial charge on any atom is -0.336 e. The fourth-order valence-corrected chi connectivity index (χ4v) is 2.58. The molecule has 6 nitrogen and oxygen atoms in total. The fraction of sp³-hybridized carbons (Fsp3) is 0.222. The van der Waals surface area contributed by atoms with Gasteiger partial charge in [-0.1, -0.05) is 28.9 Å². The summed E-state index contributed by atoms with van der Waals surface area (Å²) in [6, 6.07) is 9.40. The van der Waals surface area contributed by atoms with Crippen LogP contribution >= 0.6 is 11.6 Å². The Balaban J connectivity index is 1.67. The summed E-state index contributed by atoms with van der Waals surface area (Å²) in [6.45, 7) is 3.00. The van der Waals surface area contributed by atoms with E-state index in [1.54, 1.807) is 35.2 Å². The van der Waals surface area contributed by atoms with Gasteiger partial charge in [0, 0.05) is 31.0 Å². The molecule has 0 aliphatic heterocycles. The van der Waals surface area contributed by atoms with Crippen molar-refractivity contribution in [1.82, 2.24) is 24.9 Å². The third-order valence-electron chi connectivity index (χ3n) is 3.91. The van der Waals surface area contributed by atoms with Crippen LogP contribution in [-0.2, 0) is 13.1 Å². The van der Waals surface area contributed by atoms with E-state index in [4.69, 9.17) is 11.6 Å². The number of hydrogen-bond acceptors (Lipinski definition) is 4. The molecule has 1 amide bonds. The molecule has 7 heteroatoms. The summed E-state index contributed by atoms with van der Waals surface area (Å²) in [5.74, 6) is -0.168. The van der Waals surface area contributed by atoms with Crippen molar-refractivity contribution in [2.24, 2.45) is 0 Å². The van der Waals surface area contributed by atoms with Crippen LogP contribution < -0.4 is 0 Å². The molecule has 0 aliphatic carbocycles. The normalized spacial score (nSPS) is 10.7. The highest BCUT2D eigenvalue weighted by Gasteiger charge is 2.16. The number of nitrogens with zero attached hydrogens (tertiary/aromatic N) is 5. The molecule has 25 heavy (non-hydrogen) atoms. The Labute approximate surface area is 151 Å². The molecule has 0 bridgehead atoms. The second-order valence-electron chi connectivity index (χ2n) is 5.89. The number of hydrogen-bond donors (Lipinski definition) is 0. The number of carbonyl (C=O) groups is 1. The number of aromatic nitrogens is 4. The third kappa shape index (κ3) is 4.22. The number of rotatable bonds is 5. The topological polar surface area (TPSA) is 63.9 Å². The van der Waals surface area contributed by atoms with Crippen LogP contribution in [0.25, 0.3) is 0 Å². The minimum absolute atomic E-state index is 0.168. The first-order chi connectivity index (χ1) is 12.0. The Bertz CT molecular complexity index is 875. The summed E-state index contributed by atoms with van der Waals surface area (Å²) in [7, 11) is 1.75. The number of carbonyl (C=O) groups excluding carboxylic acids is 1. The van der Waals surface area contributed by atoms with Gasteiger partial charge in [0.25, 0.3) is 5.91 Å². The van der Waals surface area contributed by atoms with Crippen LogP contribution in [0.5, 0.6) is 0 Å². The van der Waals surface area contributed by atoms with Crippen LogP contribution in [0.1, 0.15) is 27.2 Å². The van der Waals surface area contributed by atoms with Gasteiger partial charge in [0.15, 0.2) is 5.69 Å². The van der Waals surface area contributed by atoms with E-state index >= 15 is 0 Å². The van der Waals surface area contributed by atoms with Gasteiger partial charge >= 0.3 is 0 Å². The van der Waals surface area contributed by atoms with Crippen LogP contribution in [0, 0.1) is 6.92 Å². The van der Waals surface area contributed by atoms with E-state index in [-0.39, 0.29) is 5.91 Å². The van der Waals surface area contributed by atoms with E-state index in [9.17, 15) is 4.79 Å². The molecule has 0 N–H and O–H groups in total. The monoisotopic (exact) mass is 355 g/mol. The third-order valence-corrected chi connectivity index (χ3v) is 4.16. The van der Waals surface area contributed by atoms with Gasteiger partial charge in [-0.15, -0.1) is 5.10 Å². The first kappa shape index (κ1) is 17.1. The van der Waals surface area contributed by atoms with Crippen molar-refractivity contribution in [2.75, 3.05) is 7.05 Å². The van der Waals surface area contributed by atoms with Crippen LogP contribution in [-0.4, -0.2) is 37.8 Å². The van der Waals surface area contributed by atoms with Crippen molar-refractivity contribution in [3.05, 3.63) is 76.3 Å². The molecule has 128 valence electrons. The predicted octanol–water partition coefficient (Wildman–Crippen LogP) is 2.96. The molecule has 0 aliphatic rings. The number of pyridine rings is 1. The number of aryl methyl sites for hydroxylation is 1. The zero-order valence-corrected chi connectivity index (χ0v) is 14.8. The van der Waals surface area contributed by atoms with Gasteiger partial charge in [-0.05, 0) is 41.8 Å². The molecule has 0 unspecified atom stereocenters. The zero-order chi connectivity index (χ0) is 17.8. The molecule has 0 saturated heterocycles. The maximum Gasteiger partial charge on any atom is 0.276 e. The molecule has 3 rings (SSSR count). The van der Waals surface area contributed by atoms with Gasteiger partial charge in [0.2, 0.25) is 0 Å². The lowest BCUT2D eigenvalue weighted by atomic mass is 10.1. The Hall–Kier alpha value is -2.73. The summed E-state index contributed by atoms with van der Waals surface area (Å²) >= 11 is 5.88. The summed E-state index contributed by atoms with van der Waals surface area (Å²) in [5, 5.41) is 8.72. The van der Waals surface area contributed by atoms with E-state index < -0.39 is 0 Å². The molecular formula is C18H18ClN5O. The van der Waals surface area contributed by atoms with Crippen molar-refractivity contribution >= 4 is 17.5 Å². The molecular weight excluding hydrogens is 338 g/mol. The quantitative estimate of drug-likeness (QED) is 0.705. The first-order valence-corrected chi connectivity index (χ1v) is 8.20. The van der Waals surface area contributed by atoms with E-state index in [1.807, 2.05) is 37.3 Å². The van der Waals surface area contributed by atoms with Crippen LogP contribution in [0.2, 0.25) is 5.02 Å². The molecule has 2 heterocycles. The largest absolute Gasteiger partial charge is 0.336 e. The molecule has 0 fully saturated rings. The van der Waals surface area contributed by atoms with Gasteiger partial charge in [0.05, 0.1) is 12.7 Å². The summed E-state index contributed by atoms with van der Waals surface area (Å²) in [5.41, 5.74) is 3.46. The smallest absolute Gasteiger partial charge is 0.276 e. The van der Waals surface area contributed by atoms with Crippen molar-refractivity contribution in [3.8, 4) is 0 Å². The zero-order valence-electron chi connectivity index (χ0n) is 14.1. The van der Waals surface area contributed by atoms with E-state index in [1.165, 1.54) is 0 Å². The van der Waals surface area contributed by atoms with E-state index in [0.717, 1.165) is 16.7 Å². The van der Waals surface area contributed by atoms with Gasteiger partial charge in [-0.3, -0.25) is 9.78 Å². The highest BCUT2D eigenvalue weighted by molar-refractivity contribution is 6.30. The summed E-state index contributed by atoms with van der Waals surface area (Å²) in [6.07, 6.45) is 5.17. The molecule has 0 radical (unpaired) electrons. The maximum absolute atomic E-state index is 12.5. The molecule has 0 spiro atoms. The van der Waals surface area contributed by atoms with E-state index in [0.29, 0.717) is 23.8 Å². The lowest BCUT2D eigenvalue weighted by Crippen LogP contribution is -2.26. The Morgan fingerprint density at radius 3 is 2.72 bits per heavy atom.